The first kappa shape index (κ1) is 13.8. The zero-order valence-corrected chi connectivity index (χ0v) is 12.4. The molecule has 2 aromatic rings. The van der Waals surface area contributed by atoms with Crippen LogP contribution < -0.4 is 5.32 Å². The van der Waals surface area contributed by atoms with E-state index in [2.05, 4.69) is 40.6 Å². The van der Waals surface area contributed by atoms with Crippen molar-refractivity contribution in [1.29, 1.82) is 5.26 Å². The Hall–Kier alpha value is -1.58. The zero-order valence-electron chi connectivity index (χ0n) is 10.8. The first-order valence-corrected chi connectivity index (χ1v) is 7.66. The molecule has 0 bridgehead atoms. The van der Waals surface area contributed by atoms with Crippen LogP contribution >= 0.6 is 23.1 Å². The highest BCUT2D eigenvalue weighted by molar-refractivity contribution is 8.01. The summed E-state index contributed by atoms with van der Waals surface area (Å²) in [5.74, 6) is 0. The van der Waals surface area contributed by atoms with Crippen molar-refractivity contribution in [2.24, 2.45) is 0 Å². The van der Waals surface area contributed by atoms with E-state index in [1.165, 1.54) is 28.7 Å². The summed E-state index contributed by atoms with van der Waals surface area (Å²) in [6.45, 7) is 3.98. The van der Waals surface area contributed by atoms with Gasteiger partial charge in [0.1, 0.15) is 0 Å². The van der Waals surface area contributed by atoms with E-state index in [1.54, 1.807) is 0 Å². The third-order valence-electron chi connectivity index (χ3n) is 2.48. The second-order valence-electron chi connectivity index (χ2n) is 3.94. The topological polar surface area (TPSA) is 61.6 Å². The predicted octanol–water partition coefficient (Wildman–Crippen LogP) is 3.85. The molecule has 6 heteroatoms. The Morgan fingerprint density at radius 1 is 1.37 bits per heavy atom. The number of aryl methyl sites for hydroxylation is 1. The Kier molecular flexibility index (Phi) is 4.77. The number of anilines is 2. The monoisotopic (exact) mass is 290 g/mol. The maximum Gasteiger partial charge on any atom is 0.210 e. The van der Waals surface area contributed by atoms with Gasteiger partial charge in [-0.1, -0.05) is 42.2 Å². The number of aromatic nitrogens is 2. The van der Waals surface area contributed by atoms with Crippen molar-refractivity contribution in [2.45, 2.75) is 29.9 Å². The van der Waals surface area contributed by atoms with Crippen LogP contribution in [0.1, 0.15) is 19.4 Å². The van der Waals surface area contributed by atoms with Gasteiger partial charge in [0.2, 0.25) is 5.13 Å². The molecule has 0 spiro atoms. The average Bonchev–Trinajstić information content (AvgIpc) is 2.86. The van der Waals surface area contributed by atoms with E-state index in [0.717, 1.165) is 21.6 Å². The number of nitrogens with one attached hydrogen (secondary N) is 1. The highest BCUT2D eigenvalue weighted by Crippen LogP contribution is 2.30. The Labute approximate surface area is 120 Å². The summed E-state index contributed by atoms with van der Waals surface area (Å²) in [5.41, 5.74) is 2.31. The molecule has 4 nitrogen and oxygen atoms in total. The average molecular weight is 290 g/mol. The van der Waals surface area contributed by atoms with Crippen molar-refractivity contribution in [2.75, 3.05) is 5.32 Å². The Bertz CT molecular complexity index is 571. The standard InChI is InChI=1S/C13H14N4S2/c1-3-10-4-6-11(7-5-10)15-12-16-17-13(19-12)18-9(2)8-14/h4-7,9H,3H2,1-2H3,(H,15,16)/t9-/m0/s1. The normalized spacial score (nSPS) is 11.8. The summed E-state index contributed by atoms with van der Waals surface area (Å²) in [6.07, 6.45) is 1.03. The molecular formula is C13H14N4S2. The lowest BCUT2D eigenvalue weighted by atomic mass is 10.1. The molecule has 0 amide bonds. The van der Waals surface area contributed by atoms with Crippen LogP contribution in [0.3, 0.4) is 0 Å². The summed E-state index contributed by atoms with van der Waals surface area (Å²) in [7, 11) is 0. The molecule has 0 fully saturated rings. The molecule has 0 unspecified atom stereocenters. The molecule has 1 aromatic carbocycles. The van der Waals surface area contributed by atoms with Gasteiger partial charge in [-0.05, 0) is 31.0 Å². The number of rotatable bonds is 5. The molecule has 0 aliphatic carbocycles. The maximum absolute atomic E-state index is 8.76. The van der Waals surface area contributed by atoms with Gasteiger partial charge in [-0.3, -0.25) is 0 Å². The summed E-state index contributed by atoms with van der Waals surface area (Å²) in [6, 6.07) is 10.4. The first-order valence-electron chi connectivity index (χ1n) is 5.97. The highest BCUT2D eigenvalue weighted by Gasteiger charge is 2.09. The molecule has 0 aliphatic rings. The number of hydrogen-bond acceptors (Lipinski definition) is 6. The van der Waals surface area contributed by atoms with Gasteiger partial charge in [-0.15, -0.1) is 10.2 Å². The molecule has 0 saturated carbocycles. The summed E-state index contributed by atoms with van der Waals surface area (Å²) in [5, 5.41) is 20.7. The van der Waals surface area contributed by atoms with Crippen molar-refractivity contribution in [3.8, 4) is 6.07 Å². The van der Waals surface area contributed by atoms with E-state index in [9.17, 15) is 0 Å². The van der Waals surface area contributed by atoms with Crippen LogP contribution in [-0.2, 0) is 6.42 Å². The van der Waals surface area contributed by atoms with Crippen LogP contribution in [0.25, 0.3) is 0 Å². The van der Waals surface area contributed by atoms with E-state index in [0.29, 0.717) is 0 Å². The summed E-state index contributed by atoms with van der Waals surface area (Å²) >= 11 is 2.88. The third-order valence-corrected chi connectivity index (χ3v) is 4.39. The van der Waals surface area contributed by atoms with Crippen LogP contribution in [0.4, 0.5) is 10.8 Å². The zero-order chi connectivity index (χ0) is 13.7. The van der Waals surface area contributed by atoms with Crippen LogP contribution in [-0.4, -0.2) is 15.4 Å². The van der Waals surface area contributed by atoms with Crippen LogP contribution in [0.5, 0.6) is 0 Å². The van der Waals surface area contributed by atoms with Gasteiger partial charge < -0.3 is 5.32 Å². The van der Waals surface area contributed by atoms with Crippen molar-refractivity contribution >= 4 is 33.9 Å². The molecule has 19 heavy (non-hydrogen) atoms. The van der Waals surface area contributed by atoms with Gasteiger partial charge in [0, 0.05) is 5.69 Å². The number of nitriles is 1. The molecule has 0 radical (unpaired) electrons. The minimum Gasteiger partial charge on any atom is -0.330 e. The maximum atomic E-state index is 8.76. The molecule has 2 rings (SSSR count). The first-order chi connectivity index (χ1) is 9.21. The van der Waals surface area contributed by atoms with Gasteiger partial charge >= 0.3 is 0 Å². The van der Waals surface area contributed by atoms with Crippen LogP contribution in [0.15, 0.2) is 28.6 Å². The summed E-state index contributed by atoms with van der Waals surface area (Å²) in [4.78, 5) is 0. The lowest BCUT2D eigenvalue weighted by Crippen LogP contribution is -1.89. The lowest BCUT2D eigenvalue weighted by molar-refractivity contribution is 1.01. The molecular weight excluding hydrogens is 276 g/mol. The van der Waals surface area contributed by atoms with E-state index >= 15 is 0 Å². The number of nitrogens with zero attached hydrogens (tertiary/aromatic N) is 3. The van der Waals surface area contributed by atoms with Crippen molar-refractivity contribution in [3.63, 3.8) is 0 Å². The largest absolute Gasteiger partial charge is 0.330 e. The highest BCUT2D eigenvalue weighted by atomic mass is 32.2. The smallest absolute Gasteiger partial charge is 0.210 e. The molecule has 0 saturated heterocycles. The SMILES string of the molecule is CCc1ccc(Nc2nnc(S[C@@H](C)C#N)s2)cc1. The number of hydrogen-bond donors (Lipinski definition) is 1. The van der Waals surface area contributed by atoms with E-state index in [-0.39, 0.29) is 5.25 Å². The van der Waals surface area contributed by atoms with Crippen molar-refractivity contribution in [1.82, 2.24) is 10.2 Å². The van der Waals surface area contributed by atoms with Gasteiger partial charge in [0.15, 0.2) is 4.34 Å². The van der Waals surface area contributed by atoms with Gasteiger partial charge in [-0.2, -0.15) is 5.26 Å². The predicted molar refractivity (Wildman–Crippen MR) is 79.9 cm³/mol. The molecule has 0 aliphatic heterocycles. The summed E-state index contributed by atoms with van der Waals surface area (Å²) < 4.78 is 0.807. The second kappa shape index (κ2) is 6.55. The Balaban J connectivity index is 2.01. The van der Waals surface area contributed by atoms with Gasteiger partial charge in [0.05, 0.1) is 11.3 Å². The molecule has 1 heterocycles. The molecule has 1 aromatic heterocycles. The van der Waals surface area contributed by atoms with E-state index in [1.807, 2.05) is 19.1 Å². The Morgan fingerprint density at radius 3 is 2.74 bits per heavy atom. The van der Waals surface area contributed by atoms with Crippen molar-refractivity contribution in [3.05, 3.63) is 29.8 Å². The molecule has 1 N–H and O–H groups in total. The Morgan fingerprint density at radius 2 is 2.11 bits per heavy atom. The quantitative estimate of drug-likeness (QED) is 0.847. The minimum atomic E-state index is -0.107. The molecule has 98 valence electrons. The van der Waals surface area contributed by atoms with Crippen LogP contribution in [0.2, 0.25) is 0 Å². The lowest BCUT2D eigenvalue weighted by Gasteiger charge is -2.02. The third kappa shape index (κ3) is 3.94. The fourth-order valence-electron chi connectivity index (χ4n) is 1.43. The number of benzene rings is 1. The van der Waals surface area contributed by atoms with Crippen molar-refractivity contribution < 1.29 is 0 Å². The van der Waals surface area contributed by atoms with E-state index in [4.69, 9.17) is 5.26 Å². The number of thioether (sulfide) groups is 1. The second-order valence-corrected chi connectivity index (χ2v) is 6.50. The van der Waals surface area contributed by atoms with Gasteiger partial charge in [0.25, 0.3) is 0 Å². The fourth-order valence-corrected chi connectivity index (χ4v) is 3.24. The molecule has 1 atom stereocenters. The van der Waals surface area contributed by atoms with Crippen LogP contribution in [0, 0.1) is 11.3 Å². The van der Waals surface area contributed by atoms with Gasteiger partial charge in [-0.25, -0.2) is 0 Å². The van der Waals surface area contributed by atoms with E-state index < -0.39 is 0 Å². The minimum absolute atomic E-state index is 0.107. The fraction of sp³-hybridized carbons (Fsp3) is 0.308.